The summed E-state index contributed by atoms with van der Waals surface area (Å²) < 4.78 is 18.1. The molecule has 25 heavy (non-hydrogen) atoms. The molecule has 2 aromatic carbocycles. The van der Waals surface area contributed by atoms with Crippen molar-refractivity contribution >= 4 is 11.9 Å². The fourth-order valence-corrected chi connectivity index (χ4v) is 3.36. The predicted octanol–water partition coefficient (Wildman–Crippen LogP) is 3.13. The van der Waals surface area contributed by atoms with Crippen molar-refractivity contribution in [2.24, 2.45) is 5.92 Å². The summed E-state index contributed by atoms with van der Waals surface area (Å²) in [6, 6.07) is 15.6. The first-order valence-corrected chi connectivity index (χ1v) is 8.26. The van der Waals surface area contributed by atoms with Gasteiger partial charge in [-0.15, -0.1) is 0 Å². The molecule has 1 heterocycles. The topological polar surface area (TPSA) is 46.6 Å². The molecule has 1 fully saturated rings. The number of carbonyl (C=O) groups excluding carboxylic acids is 2. The highest BCUT2D eigenvalue weighted by Crippen LogP contribution is 2.35. The van der Waals surface area contributed by atoms with Gasteiger partial charge in [0.05, 0.1) is 7.11 Å². The van der Waals surface area contributed by atoms with Crippen molar-refractivity contribution in [1.82, 2.24) is 4.90 Å². The molecule has 0 unspecified atom stereocenters. The van der Waals surface area contributed by atoms with Gasteiger partial charge in [-0.3, -0.25) is 9.59 Å². The summed E-state index contributed by atoms with van der Waals surface area (Å²) in [5.41, 5.74) is 1.80. The first kappa shape index (κ1) is 17.1. The Morgan fingerprint density at radius 3 is 2.48 bits per heavy atom. The minimum absolute atomic E-state index is 0.240. The average molecular weight is 341 g/mol. The zero-order valence-corrected chi connectivity index (χ0v) is 14.0. The van der Waals surface area contributed by atoms with E-state index in [2.05, 4.69) is 0 Å². The fourth-order valence-electron chi connectivity index (χ4n) is 3.36. The van der Waals surface area contributed by atoms with Crippen molar-refractivity contribution in [1.29, 1.82) is 0 Å². The maximum Gasteiger partial charge on any atom is 0.318 e. The molecule has 1 amide bonds. The molecule has 2 atom stereocenters. The van der Waals surface area contributed by atoms with Gasteiger partial charge in [-0.2, -0.15) is 0 Å². The normalized spacial score (nSPS) is 20.4. The van der Waals surface area contributed by atoms with Gasteiger partial charge in [-0.25, -0.2) is 4.39 Å². The third-order valence-electron chi connectivity index (χ3n) is 4.66. The van der Waals surface area contributed by atoms with E-state index >= 15 is 0 Å². The standard InChI is InChI=1S/C20H20FNO3/c1-25-20(24)18-17(15-7-9-16(21)10-8-15)11-12-22(19(18)23)13-14-5-3-2-4-6-14/h2-10,17-18H,11-13H2,1H3/t17-,18-/m0/s1. The lowest BCUT2D eigenvalue weighted by molar-refractivity contribution is -0.157. The van der Waals surface area contributed by atoms with E-state index in [0.29, 0.717) is 19.5 Å². The summed E-state index contributed by atoms with van der Waals surface area (Å²) in [7, 11) is 1.29. The zero-order chi connectivity index (χ0) is 17.8. The van der Waals surface area contributed by atoms with Crippen molar-refractivity contribution in [2.75, 3.05) is 13.7 Å². The Hall–Kier alpha value is -2.69. The van der Waals surface area contributed by atoms with Gasteiger partial charge >= 0.3 is 5.97 Å². The van der Waals surface area contributed by atoms with Crippen LogP contribution in [0.25, 0.3) is 0 Å². The molecule has 4 nitrogen and oxygen atoms in total. The van der Waals surface area contributed by atoms with Crippen LogP contribution < -0.4 is 0 Å². The quantitative estimate of drug-likeness (QED) is 0.634. The van der Waals surface area contributed by atoms with Crippen LogP contribution in [0.15, 0.2) is 54.6 Å². The number of carbonyl (C=O) groups is 2. The molecule has 0 bridgehead atoms. The van der Waals surface area contributed by atoms with Crippen LogP contribution in [0.3, 0.4) is 0 Å². The first-order chi connectivity index (χ1) is 12.1. The summed E-state index contributed by atoms with van der Waals surface area (Å²) >= 11 is 0. The number of amides is 1. The Balaban J connectivity index is 1.84. The molecule has 1 aliphatic rings. The summed E-state index contributed by atoms with van der Waals surface area (Å²) in [4.78, 5) is 26.9. The second kappa shape index (κ2) is 7.47. The molecule has 3 rings (SSSR count). The minimum atomic E-state index is -0.895. The predicted molar refractivity (Wildman–Crippen MR) is 91.1 cm³/mol. The zero-order valence-electron chi connectivity index (χ0n) is 14.0. The third kappa shape index (κ3) is 3.71. The SMILES string of the molecule is COC(=O)[C@@H]1C(=O)N(Cc2ccccc2)CC[C@H]1c1ccc(F)cc1. The van der Waals surface area contributed by atoms with Gasteiger partial charge in [0.15, 0.2) is 0 Å². The molecular formula is C20H20FNO3. The Morgan fingerprint density at radius 1 is 1.16 bits per heavy atom. The van der Waals surface area contributed by atoms with E-state index in [1.807, 2.05) is 30.3 Å². The Labute approximate surface area is 146 Å². The number of benzene rings is 2. The monoisotopic (exact) mass is 341 g/mol. The van der Waals surface area contributed by atoms with Gasteiger partial charge in [0, 0.05) is 19.0 Å². The summed E-state index contributed by atoms with van der Waals surface area (Å²) in [6.45, 7) is 1.01. The average Bonchev–Trinajstić information content (AvgIpc) is 2.64. The number of halogens is 1. The van der Waals surface area contributed by atoms with E-state index in [1.165, 1.54) is 19.2 Å². The molecule has 0 N–H and O–H groups in total. The number of hydrogen-bond donors (Lipinski definition) is 0. The van der Waals surface area contributed by atoms with Gasteiger partial charge in [0.2, 0.25) is 5.91 Å². The van der Waals surface area contributed by atoms with Gasteiger partial charge < -0.3 is 9.64 Å². The Morgan fingerprint density at radius 2 is 1.84 bits per heavy atom. The van der Waals surface area contributed by atoms with Crippen molar-refractivity contribution < 1.29 is 18.7 Å². The van der Waals surface area contributed by atoms with Crippen molar-refractivity contribution in [3.63, 3.8) is 0 Å². The maximum absolute atomic E-state index is 13.2. The number of rotatable bonds is 4. The van der Waals surface area contributed by atoms with Crippen molar-refractivity contribution in [3.05, 3.63) is 71.5 Å². The van der Waals surface area contributed by atoms with Crippen molar-refractivity contribution in [3.8, 4) is 0 Å². The molecule has 0 radical (unpaired) electrons. The van der Waals surface area contributed by atoms with Crippen LogP contribution in [-0.2, 0) is 20.9 Å². The highest BCUT2D eigenvalue weighted by Gasteiger charge is 2.42. The molecule has 1 saturated heterocycles. The second-order valence-corrected chi connectivity index (χ2v) is 6.19. The maximum atomic E-state index is 13.2. The van der Waals surface area contributed by atoms with Crippen LogP contribution >= 0.6 is 0 Å². The van der Waals surface area contributed by atoms with Gasteiger partial charge in [-0.05, 0) is 29.7 Å². The highest BCUT2D eigenvalue weighted by atomic mass is 19.1. The first-order valence-electron chi connectivity index (χ1n) is 8.26. The Bertz CT molecular complexity index is 745. The molecular weight excluding hydrogens is 321 g/mol. The van der Waals surface area contributed by atoms with E-state index in [-0.39, 0.29) is 17.6 Å². The van der Waals surface area contributed by atoms with Gasteiger partial charge in [0.25, 0.3) is 0 Å². The fraction of sp³-hybridized carbons (Fsp3) is 0.300. The second-order valence-electron chi connectivity index (χ2n) is 6.19. The lowest BCUT2D eigenvalue weighted by Gasteiger charge is -2.36. The van der Waals surface area contributed by atoms with E-state index in [9.17, 15) is 14.0 Å². The minimum Gasteiger partial charge on any atom is -0.468 e. The van der Waals surface area contributed by atoms with Gasteiger partial charge in [0.1, 0.15) is 11.7 Å². The van der Waals surface area contributed by atoms with Crippen LogP contribution in [0, 0.1) is 11.7 Å². The number of ether oxygens (including phenoxy) is 1. The van der Waals surface area contributed by atoms with E-state index in [4.69, 9.17) is 4.74 Å². The molecule has 1 aliphatic heterocycles. The molecule has 2 aromatic rings. The molecule has 5 heteroatoms. The summed E-state index contributed by atoms with van der Waals surface area (Å²) in [5.74, 6) is -2.32. The number of hydrogen-bond acceptors (Lipinski definition) is 3. The molecule has 0 aromatic heterocycles. The van der Waals surface area contributed by atoms with E-state index in [0.717, 1.165) is 11.1 Å². The van der Waals surface area contributed by atoms with Gasteiger partial charge in [-0.1, -0.05) is 42.5 Å². The lowest BCUT2D eigenvalue weighted by Crippen LogP contribution is -2.47. The van der Waals surface area contributed by atoms with Crippen LogP contribution in [-0.4, -0.2) is 30.4 Å². The summed E-state index contributed by atoms with van der Waals surface area (Å²) in [6.07, 6.45) is 0.629. The lowest BCUT2D eigenvalue weighted by atomic mass is 9.79. The number of likely N-dealkylation sites (tertiary alicyclic amines) is 1. The van der Waals surface area contributed by atoms with Crippen LogP contribution in [0.4, 0.5) is 4.39 Å². The highest BCUT2D eigenvalue weighted by molar-refractivity contribution is 5.99. The molecule has 130 valence electrons. The Kier molecular flexibility index (Phi) is 5.12. The van der Waals surface area contributed by atoms with Crippen LogP contribution in [0.5, 0.6) is 0 Å². The van der Waals surface area contributed by atoms with Crippen LogP contribution in [0.1, 0.15) is 23.5 Å². The third-order valence-corrected chi connectivity index (χ3v) is 4.66. The number of methoxy groups -OCH3 is 1. The van der Waals surface area contributed by atoms with Crippen LogP contribution in [0.2, 0.25) is 0 Å². The number of nitrogens with zero attached hydrogens (tertiary/aromatic N) is 1. The van der Waals surface area contributed by atoms with E-state index in [1.54, 1.807) is 17.0 Å². The molecule has 0 aliphatic carbocycles. The molecule has 0 spiro atoms. The number of esters is 1. The molecule has 0 saturated carbocycles. The number of piperidine rings is 1. The largest absolute Gasteiger partial charge is 0.468 e. The summed E-state index contributed by atoms with van der Waals surface area (Å²) in [5, 5.41) is 0. The smallest absolute Gasteiger partial charge is 0.318 e. The van der Waals surface area contributed by atoms with E-state index < -0.39 is 11.9 Å². The van der Waals surface area contributed by atoms with Crippen molar-refractivity contribution in [2.45, 2.75) is 18.9 Å².